The Morgan fingerprint density at radius 3 is 2.38 bits per heavy atom. The summed E-state index contributed by atoms with van der Waals surface area (Å²) in [7, 11) is 1.52. The third-order valence-electron chi connectivity index (χ3n) is 9.02. The Morgan fingerprint density at radius 2 is 1.65 bits per heavy atom. The number of aromatic nitrogens is 1. The third kappa shape index (κ3) is 7.24. The van der Waals surface area contributed by atoms with Gasteiger partial charge in [0.1, 0.15) is 0 Å². The summed E-state index contributed by atoms with van der Waals surface area (Å²) in [5, 5.41) is 3.05. The molecule has 3 heterocycles. The highest BCUT2D eigenvalue weighted by Crippen LogP contribution is 2.34. The maximum absolute atomic E-state index is 14.4. The van der Waals surface area contributed by atoms with Crippen LogP contribution in [0.5, 0.6) is 0 Å². The van der Waals surface area contributed by atoms with E-state index in [1.807, 2.05) is 6.07 Å². The van der Waals surface area contributed by atoms with Crippen molar-refractivity contribution in [1.29, 1.82) is 0 Å². The number of ketones is 1. The second-order valence-corrected chi connectivity index (χ2v) is 12.1. The van der Waals surface area contributed by atoms with Gasteiger partial charge in [0.05, 0.1) is 30.2 Å². The van der Waals surface area contributed by atoms with Gasteiger partial charge < -0.3 is 24.8 Å². The number of hydrogen-bond acceptors (Lipinski definition) is 6. The first kappa shape index (κ1) is 33.2. The Morgan fingerprint density at radius 1 is 0.896 bits per heavy atom. The molecule has 2 N–H and O–H groups in total. The quantitative estimate of drug-likeness (QED) is 0.222. The van der Waals surface area contributed by atoms with E-state index in [0.717, 1.165) is 50.2 Å². The number of nitrogens with zero attached hydrogens (tertiary/aromatic N) is 3. The highest BCUT2D eigenvalue weighted by atomic mass is 19.4. The van der Waals surface area contributed by atoms with E-state index < -0.39 is 17.5 Å². The fourth-order valence-electron chi connectivity index (χ4n) is 6.35. The standard InChI is InChI=1S/C36H38F3N5O4/c1-40-34(46)25-6-5-7-26(20-25)35(47)44(15-14-42-16-18-48-19-17-42)32-11-10-28(43-12-3-2-4-13-43)23-29(32)33(45)31-21-24-8-9-27(36(37,38)39)22-30(24)41-31/h5-11,20-23,41H,2-4,12-19H2,1H3,(H,40,46). The summed E-state index contributed by atoms with van der Waals surface area (Å²) in [5.41, 5.74) is 1.54. The van der Waals surface area contributed by atoms with E-state index in [1.54, 1.807) is 41.3 Å². The van der Waals surface area contributed by atoms with Crippen molar-refractivity contribution in [2.45, 2.75) is 25.4 Å². The number of piperidine rings is 1. The molecular weight excluding hydrogens is 623 g/mol. The summed E-state index contributed by atoms with van der Waals surface area (Å²) in [6.07, 6.45) is -1.38. The lowest BCUT2D eigenvalue weighted by Gasteiger charge is -2.32. The molecule has 2 amide bonds. The van der Waals surface area contributed by atoms with Gasteiger partial charge in [-0.05, 0) is 73.9 Å². The number of halogens is 3. The predicted molar refractivity (Wildman–Crippen MR) is 178 cm³/mol. The van der Waals surface area contributed by atoms with Crippen LogP contribution >= 0.6 is 0 Å². The first-order valence-corrected chi connectivity index (χ1v) is 16.2. The summed E-state index contributed by atoms with van der Waals surface area (Å²) in [6, 6.07) is 16.8. The summed E-state index contributed by atoms with van der Waals surface area (Å²) >= 11 is 0. The molecule has 2 aliphatic heterocycles. The maximum atomic E-state index is 14.4. The molecule has 9 nitrogen and oxygen atoms in total. The molecule has 0 spiro atoms. The number of alkyl halides is 3. The van der Waals surface area contributed by atoms with E-state index in [4.69, 9.17) is 4.74 Å². The van der Waals surface area contributed by atoms with E-state index >= 15 is 0 Å². The topological polar surface area (TPSA) is 98.0 Å². The molecule has 0 radical (unpaired) electrons. The Balaban J connectivity index is 1.44. The van der Waals surface area contributed by atoms with Crippen LogP contribution in [0.15, 0.2) is 66.7 Å². The molecule has 48 heavy (non-hydrogen) atoms. The van der Waals surface area contributed by atoms with Crippen molar-refractivity contribution < 1.29 is 32.3 Å². The molecule has 252 valence electrons. The average Bonchev–Trinajstić information content (AvgIpc) is 3.55. The molecule has 4 aromatic rings. The summed E-state index contributed by atoms with van der Waals surface area (Å²) in [6.45, 7) is 4.95. The zero-order chi connectivity index (χ0) is 33.8. The van der Waals surface area contributed by atoms with Crippen molar-refractivity contribution >= 4 is 39.9 Å². The Hall–Kier alpha value is -4.68. The summed E-state index contributed by atoms with van der Waals surface area (Å²) in [5.74, 6) is -1.17. The molecule has 2 fully saturated rings. The fraction of sp³-hybridized carbons (Fsp3) is 0.361. The number of aromatic amines is 1. The lowest BCUT2D eigenvalue weighted by molar-refractivity contribution is -0.137. The SMILES string of the molecule is CNC(=O)c1cccc(C(=O)N(CCN2CCOCC2)c2ccc(N3CCCCC3)cc2C(=O)c2cc3ccc(C(F)(F)F)cc3[nH]2)c1. The van der Waals surface area contributed by atoms with Gasteiger partial charge in [0, 0.05) is 79.6 Å². The van der Waals surface area contributed by atoms with Crippen molar-refractivity contribution in [3.05, 3.63) is 94.7 Å². The van der Waals surface area contributed by atoms with Crippen LogP contribution < -0.4 is 15.1 Å². The number of H-pyrrole nitrogens is 1. The van der Waals surface area contributed by atoms with E-state index in [-0.39, 0.29) is 40.7 Å². The van der Waals surface area contributed by atoms with E-state index in [1.165, 1.54) is 19.2 Å². The third-order valence-corrected chi connectivity index (χ3v) is 9.02. The van der Waals surface area contributed by atoms with Crippen LogP contribution in [0.3, 0.4) is 0 Å². The second kappa shape index (κ2) is 14.2. The Bertz CT molecular complexity index is 1810. The van der Waals surface area contributed by atoms with Gasteiger partial charge >= 0.3 is 6.18 Å². The number of morpholine rings is 1. The zero-order valence-electron chi connectivity index (χ0n) is 26.7. The minimum atomic E-state index is -4.53. The van der Waals surface area contributed by atoms with Gasteiger partial charge in [-0.25, -0.2) is 0 Å². The lowest BCUT2D eigenvalue weighted by atomic mass is 10.0. The van der Waals surface area contributed by atoms with Gasteiger partial charge in [0.2, 0.25) is 5.78 Å². The molecule has 0 unspecified atom stereocenters. The molecular formula is C36H38F3N5O4. The Kier molecular flexibility index (Phi) is 9.83. The lowest BCUT2D eigenvalue weighted by Crippen LogP contribution is -2.43. The normalized spacial score (nSPS) is 15.8. The number of amides is 2. The largest absolute Gasteiger partial charge is 0.416 e. The monoisotopic (exact) mass is 661 g/mol. The van der Waals surface area contributed by atoms with E-state index in [2.05, 4.69) is 20.1 Å². The molecule has 3 aromatic carbocycles. The van der Waals surface area contributed by atoms with E-state index in [0.29, 0.717) is 49.5 Å². The summed E-state index contributed by atoms with van der Waals surface area (Å²) < 4.78 is 45.9. The molecule has 0 saturated carbocycles. The van der Waals surface area contributed by atoms with Crippen LogP contribution in [0.4, 0.5) is 24.5 Å². The van der Waals surface area contributed by atoms with Gasteiger partial charge in [-0.2, -0.15) is 13.2 Å². The molecule has 2 aliphatic rings. The molecule has 2 saturated heterocycles. The van der Waals surface area contributed by atoms with Gasteiger partial charge in [-0.3, -0.25) is 19.3 Å². The number of hydrogen-bond donors (Lipinski definition) is 2. The highest BCUT2D eigenvalue weighted by molar-refractivity contribution is 6.17. The van der Waals surface area contributed by atoms with E-state index in [9.17, 15) is 27.6 Å². The molecule has 6 rings (SSSR count). The first-order valence-electron chi connectivity index (χ1n) is 16.2. The molecule has 0 aliphatic carbocycles. The fourth-order valence-corrected chi connectivity index (χ4v) is 6.35. The number of ether oxygens (including phenoxy) is 1. The van der Waals surface area contributed by atoms with Gasteiger partial charge in [-0.15, -0.1) is 0 Å². The summed E-state index contributed by atoms with van der Waals surface area (Å²) in [4.78, 5) is 50.1. The zero-order valence-corrected chi connectivity index (χ0v) is 26.7. The average molecular weight is 662 g/mol. The minimum Gasteiger partial charge on any atom is -0.379 e. The van der Waals surface area contributed by atoms with Gasteiger partial charge in [0.25, 0.3) is 11.8 Å². The minimum absolute atomic E-state index is 0.114. The number of anilines is 2. The highest BCUT2D eigenvalue weighted by Gasteiger charge is 2.31. The van der Waals surface area contributed by atoms with Crippen molar-refractivity contribution in [2.24, 2.45) is 0 Å². The number of fused-ring (bicyclic) bond motifs is 1. The van der Waals surface area contributed by atoms with Crippen molar-refractivity contribution in [3.8, 4) is 0 Å². The molecule has 12 heteroatoms. The smallest absolute Gasteiger partial charge is 0.379 e. The number of rotatable bonds is 9. The van der Waals surface area contributed by atoms with Crippen LogP contribution in [-0.2, 0) is 10.9 Å². The van der Waals surface area contributed by atoms with Crippen LogP contribution in [0.25, 0.3) is 10.9 Å². The van der Waals surface area contributed by atoms with Crippen LogP contribution in [0, 0.1) is 0 Å². The van der Waals surface area contributed by atoms with Crippen molar-refractivity contribution in [2.75, 3.05) is 69.3 Å². The molecule has 0 atom stereocenters. The van der Waals surface area contributed by atoms with Crippen LogP contribution in [0.1, 0.15) is 61.6 Å². The number of nitrogens with one attached hydrogen (secondary N) is 2. The number of benzene rings is 3. The first-order chi connectivity index (χ1) is 23.1. The van der Waals surface area contributed by atoms with Crippen molar-refractivity contribution in [1.82, 2.24) is 15.2 Å². The second-order valence-electron chi connectivity index (χ2n) is 12.1. The van der Waals surface area contributed by atoms with Crippen LogP contribution in [-0.4, -0.2) is 87.0 Å². The van der Waals surface area contributed by atoms with Crippen molar-refractivity contribution in [3.63, 3.8) is 0 Å². The molecule has 1 aromatic heterocycles. The van der Waals surface area contributed by atoms with Gasteiger partial charge in [-0.1, -0.05) is 12.1 Å². The molecule has 0 bridgehead atoms. The van der Waals surface area contributed by atoms with Crippen LogP contribution in [0.2, 0.25) is 0 Å². The Labute approximate surface area is 276 Å². The predicted octanol–water partition coefficient (Wildman–Crippen LogP) is 5.75. The maximum Gasteiger partial charge on any atom is 0.416 e. The van der Waals surface area contributed by atoms with Gasteiger partial charge in [0.15, 0.2) is 0 Å². The number of carbonyl (C=O) groups excluding carboxylic acids is 3. The number of carbonyl (C=O) groups is 3.